The first kappa shape index (κ1) is 9.84. The van der Waals surface area contributed by atoms with Gasteiger partial charge in [0, 0.05) is 24.3 Å². The highest BCUT2D eigenvalue weighted by atomic mass is 16.4. The Bertz CT molecular complexity index is 435. The number of aromatic carboxylic acids is 1. The third-order valence-electron chi connectivity index (χ3n) is 3.52. The molecule has 2 N–H and O–H groups in total. The third-order valence-corrected chi connectivity index (χ3v) is 3.52. The van der Waals surface area contributed by atoms with Crippen LogP contribution in [0.25, 0.3) is 0 Å². The van der Waals surface area contributed by atoms with Gasteiger partial charge in [0.1, 0.15) is 0 Å². The first-order valence-electron chi connectivity index (χ1n) is 5.81. The molecule has 0 atom stereocenters. The molecule has 3 rings (SSSR count). The predicted molar refractivity (Wildman–Crippen MR) is 57.7 cm³/mol. The van der Waals surface area contributed by atoms with Crippen molar-refractivity contribution in [3.05, 3.63) is 17.0 Å². The summed E-state index contributed by atoms with van der Waals surface area (Å²) in [5, 5.41) is 16.6. The molecule has 0 radical (unpaired) electrons. The van der Waals surface area contributed by atoms with Crippen molar-refractivity contribution < 1.29 is 9.90 Å². The van der Waals surface area contributed by atoms with Gasteiger partial charge in [-0.1, -0.05) is 0 Å². The Labute approximate surface area is 93.5 Å². The number of carboxylic acid groups (broad SMARTS) is 1. The van der Waals surface area contributed by atoms with Crippen molar-refractivity contribution in [3.63, 3.8) is 0 Å². The maximum absolute atomic E-state index is 11.1. The fourth-order valence-electron chi connectivity index (χ4n) is 2.55. The fraction of sp³-hybridized carbons (Fsp3) is 0.636. The number of hydrogen-bond acceptors (Lipinski definition) is 3. The van der Waals surface area contributed by atoms with E-state index in [1.54, 1.807) is 0 Å². The zero-order valence-electron chi connectivity index (χ0n) is 9.07. The maximum atomic E-state index is 11.1. The molecule has 5 heteroatoms. The molecule has 2 heterocycles. The van der Waals surface area contributed by atoms with E-state index >= 15 is 0 Å². The predicted octanol–water partition coefficient (Wildman–Crippen LogP) is 0.604. The normalized spacial score (nSPS) is 20.2. The molecule has 2 aliphatic rings. The van der Waals surface area contributed by atoms with E-state index in [4.69, 9.17) is 5.11 Å². The van der Waals surface area contributed by atoms with Gasteiger partial charge in [0.25, 0.3) is 0 Å². The lowest BCUT2D eigenvalue weighted by Gasteiger charge is -2.29. The minimum atomic E-state index is -0.885. The number of nitrogens with one attached hydrogen (secondary N) is 1. The molecule has 1 aromatic rings. The van der Waals surface area contributed by atoms with Crippen LogP contribution in [0, 0.1) is 0 Å². The second-order valence-electron chi connectivity index (χ2n) is 4.54. The van der Waals surface area contributed by atoms with E-state index in [9.17, 15) is 4.79 Å². The molecule has 0 saturated carbocycles. The SMILES string of the molecule is O=C(O)c1nn(C2CNC2)c2c1CCCC2. The average Bonchev–Trinajstić information content (AvgIpc) is 2.56. The van der Waals surface area contributed by atoms with Crippen LogP contribution >= 0.6 is 0 Å². The van der Waals surface area contributed by atoms with Crippen molar-refractivity contribution >= 4 is 5.97 Å². The van der Waals surface area contributed by atoms with Gasteiger partial charge < -0.3 is 10.4 Å². The van der Waals surface area contributed by atoms with Crippen LogP contribution in [0.15, 0.2) is 0 Å². The van der Waals surface area contributed by atoms with Crippen LogP contribution in [-0.4, -0.2) is 33.9 Å². The molecule has 1 saturated heterocycles. The van der Waals surface area contributed by atoms with E-state index in [0.29, 0.717) is 6.04 Å². The zero-order valence-corrected chi connectivity index (χ0v) is 9.07. The van der Waals surface area contributed by atoms with Crippen molar-refractivity contribution in [2.24, 2.45) is 0 Å². The van der Waals surface area contributed by atoms with E-state index < -0.39 is 5.97 Å². The molecule has 1 aliphatic carbocycles. The number of nitrogens with zero attached hydrogens (tertiary/aromatic N) is 2. The van der Waals surface area contributed by atoms with Crippen molar-refractivity contribution in [1.82, 2.24) is 15.1 Å². The van der Waals surface area contributed by atoms with Crippen molar-refractivity contribution in [2.75, 3.05) is 13.1 Å². The number of carbonyl (C=O) groups is 1. The number of aromatic nitrogens is 2. The largest absolute Gasteiger partial charge is 0.476 e. The van der Waals surface area contributed by atoms with E-state index in [-0.39, 0.29) is 5.69 Å². The lowest BCUT2D eigenvalue weighted by atomic mass is 9.95. The molecule has 1 fully saturated rings. The average molecular weight is 221 g/mol. The van der Waals surface area contributed by atoms with E-state index in [1.165, 1.54) is 0 Å². The summed E-state index contributed by atoms with van der Waals surface area (Å²) in [6, 6.07) is 0.361. The Hall–Kier alpha value is -1.36. The number of fused-ring (bicyclic) bond motifs is 1. The van der Waals surface area contributed by atoms with Gasteiger partial charge in [0.15, 0.2) is 5.69 Å². The van der Waals surface area contributed by atoms with E-state index in [1.807, 2.05) is 4.68 Å². The molecule has 0 unspecified atom stereocenters. The van der Waals surface area contributed by atoms with Gasteiger partial charge in [-0.05, 0) is 25.7 Å². The number of hydrogen-bond donors (Lipinski definition) is 2. The van der Waals surface area contributed by atoms with Gasteiger partial charge in [-0.2, -0.15) is 5.10 Å². The quantitative estimate of drug-likeness (QED) is 0.767. The van der Waals surface area contributed by atoms with Crippen LogP contribution < -0.4 is 5.32 Å². The Morgan fingerprint density at radius 3 is 2.75 bits per heavy atom. The summed E-state index contributed by atoms with van der Waals surface area (Å²) >= 11 is 0. The molecule has 0 spiro atoms. The van der Waals surface area contributed by atoms with Gasteiger partial charge in [-0.3, -0.25) is 4.68 Å². The Balaban J connectivity index is 2.07. The van der Waals surface area contributed by atoms with Crippen LogP contribution in [0.5, 0.6) is 0 Å². The second-order valence-corrected chi connectivity index (χ2v) is 4.54. The first-order valence-corrected chi connectivity index (χ1v) is 5.81. The monoisotopic (exact) mass is 221 g/mol. The molecule has 1 aliphatic heterocycles. The summed E-state index contributed by atoms with van der Waals surface area (Å²) in [5.41, 5.74) is 2.42. The topological polar surface area (TPSA) is 67.1 Å². The Morgan fingerprint density at radius 2 is 2.12 bits per heavy atom. The summed E-state index contributed by atoms with van der Waals surface area (Å²) in [4.78, 5) is 11.1. The van der Waals surface area contributed by atoms with Crippen molar-refractivity contribution in [2.45, 2.75) is 31.7 Å². The number of carboxylic acids is 1. The lowest BCUT2D eigenvalue weighted by Crippen LogP contribution is -2.44. The molecule has 5 nitrogen and oxygen atoms in total. The molecule has 0 bridgehead atoms. The smallest absolute Gasteiger partial charge is 0.356 e. The molecule has 16 heavy (non-hydrogen) atoms. The molecule has 1 aromatic heterocycles. The van der Waals surface area contributed by atoms with Crippen LogP contribution in [-0.2, 0) is 12.8 Å². The minimum Gasteiger partial charge on any atom is -0.476 e. The van der Waals surface area contributed by atoms with Crippen LogP contribution in [0.4, 0.5) is 0 Å². The summed E-state index contributed by atoms with van der Waals surface area (Å²) in [6.45, 7) is 1.82. The van der Waals surface area contributed by atoms with Gasteiger partial charge >= 0.3 is 5.97 Å². The molecule has 0 amide bonds. The highest BCUT2D eigenvalue weighted by Crippen LogP contribution is 2.27. The standard InChI is InChI=1S/C11H15N3O2/c15-11(16)10-8-3-1-2-4-9(8)14(13-10)7-5-12-6-7/h7,12H,1-6H2,(H,15,16). The number of rotatable bonds is 2. The van der Waals surface area contributed by atoms with Crippen molar-refractivity contribution in [1.29, 1.82) is 0 Å². The maximum Gasteiger partial charge on any atom is 0.356 e. The lowest BCUT2D eigenvalue weighted by molar-refractivity contribution is 0.0687. The van der Waals surface area contributed by atoms with Gasteiger partial charge in [0.05, 0.1) is 6.04 Å². The van der Waals surface area contributed by atoms with Crippen molar-refractivity contribution in [3.8, 4) is 0 Å². The fourth-order valence-corrected chi connectivity index (χ4v) is 2.55. The summed E-state index contributed by atoms with van der Waals surface area (Å²) < 4.78 is 1.95. The first-order chi connectivity index (χ1) is 7.77. The van der Waals surface area contributed by atoms with E-state index in [2.05, 4.69) is 10.4 Å². The van der Waals surface area contributed by atoms with E-state index in [0.717, 1.165) is 50.0 Å². The highest BCUT2D eigenvalue weighted by Gasteiger charge is 2.29. The molecular formula is C11H15N3O2. The third kappa shape index (κ3) is 1.35. The molecular weight excluding hydrogens is 206 g/mol. The van der Waals surface area contributed by atoms with Crippen LogP contribution in [0.3, 0.4) is 0 Å². The molecule has 0 aromatic carbocycles. The summed E-state index contributed by atoms with van der Waals surface area (Å²) in [6.07, 6.45) is 4.09. The highest BCUT2D eigenvalue weighted by molar-refractivity contribution is 5.87. The molecule has 86 valence electrons. The summed E-state index contributed by atoms with van der Waals surface area (Å²) in [5.74, 6) is -0.885. The van der Waals surface area contributed by atoms with Gasteiger partial charge in [0.2, 0.25) is 0 Å². The minimum absolute atomic E-state index is 0.279. The van der Waals surface area contributed by atoms with Gasteiger partial charge in [-0.25, -0.2) is 4.79 Å². The second kappa shape index (κ2) is 3.59. The van der Waals surface area contributed by atoms with Crippen LogP contribution in [0.1, 0.15) is 40.6 Å². The van der Waals surface area contributed by atoms with Crippen LogP contribution in [0.2, 0.25) is 0 Å². The Morgan fingerprint density at radius 1 is 1.38 bits per heavy atom. The van der Waals surface area contributed by atoms with Gasteiger partial charge in [-0.15, -0.1) is 0 Å². The Kier molecular flexibility index (Phi) is 2.21. The summed E-state index contributed by atoms with van der Waals surface area (Å²) in [7, 11) is 0. The zero-order chi connectivity index (χ0) is 11.1.